The molecular formula is C17H13F5N4O2. The van der Waals surface area contributed by atoms with Crippen molar-refractivity contribution < 1.29 is 31.4 Å². The van der Waals surface area contributed by atoms with Crippen LogP contribution < -0.4 is 9.47 Å². The maximum Gasteiger partial charge on any atom is 0.453 e. The Bertz CT molecular complexity index is 959. The highest BCUT2D eigenvalue weighted by atomic mass is 19.4. The highest BCUT2D eigenvalue weighted by Crippen LogP contribution is 2.32. The van der Waals surface area contributed by atoms with E-state index in [1.807, 2.05) is 0 Å². The third-order valence-corrected chi connectivity index (χ3v) is 3.59. The standard InChI is InChI=1S/C17H13F5N4O2/c1-27-12-4-2-3-10(7-12)14-13(28-16(18)19)6-5-11(24-14)8-26-9-23-15(25-26)17(20,21)22/h2-7,9,16H,8H2,1H3. The van der Waals surface area contributed by atoms with Crippen LogP contribution in [0.25, 0.3) is 11.3 Å². The van der Waals surface area contributed by atoms with Gasteiger partial charge in [0.2, 0.25) is 0 Å². The molecule has 28 heavy (non-hydrogen) atoms. The van der Waals surface area contributed by atoms with Crippen LogP contribution in [-0.2, 0) is 12.7 Å². The minimum absolute atomic E-state index is 0.0906. The van der Waals surface area contributed by atoms with Gasteiger partial charge in [-0.3, -0.25) is 0 Å². The number of ether oxygens (including phenoxy) is 2. The molecule has 148 valence electrons. The summed E-state index contributed by atoms with van der Waals surface area (Å²) < 4.78 is 73.9. The number of methoxy groups -OCH3 is 1. The molecule has 0 amide bonds. The van der Waals surface area contributed by atoms with E-state index in [-0.39, 0.29) is 23.7 Å². The number of hydrogen-bond acceptors (Lipinski definition) is 5. The van der Waals surface area contributed by atoms with E-state index in [1.165, 1.54) is 19.2 Å². The number of nitrogens with zero attached hydrogens (tertiary/aromatic N) is 4. The van der Waals surface area contributed by atoms with Crippen LogP contribution >= 0.6 is 0 Å². The largest absolute Gasteiger partial charge is 0.497 e. The Morgan fingerprint density at radius 2 is 1.93 bits per heavy atom. The van der Waals surface area contributed by atoms with Gasteiger partial charge in [0.1, 0.15) is 17.8 Å². The van der Waals surface area contributed by atoms with Crippen LogP contribution in [0.3, 0.4) is 0 Å². The number of pyridine rings is 1. The van der Waals surface area contributed by atoms with Gasteiger partial charge in [-0.1, -0.05) is 12.1 Å². The third-order valence-electron chi connectivity index (χ3n) is 3.59. The molecule has 1 aromatic carbocycles. The van der Waals surface area contributed by atoms with E-state index >= 15 is 0 Å². The van der Waals surface area contributed by atoms with Gasteiger partial charge >= 0.3 is 12.8 Å². The highest BCUT2D eigenvalue weighted by Gasteiger charge is 2.35. The van der Waals surface area contributed by atoms with Crippen LogP contribution in [0.4, 0.5) is 22.0 Å². The molecule has 3 aromatic rings. The number of halogens is 5. The molecule has 0 atom stereocenters. The van der Waals surface area contributed by atoms with Gasteiger partial charge < -0.3 is 9.47 Å². The van der Waals surface area contributed by atoms with Crippen molar-refractivity contribution in [2.24, 2.45) is 0 Å². The van der Waals surface area contributed by atoms with Crippen LogP contribution in [0.5, 0.6) is 11.5 Å². The zero-order valence-electron chi connectivity index (χ0n) is 14.3. The van der Waals surface area contributed by atoms with Crippen LogP contribution in [0.15, 0.2) is 42.7 Å². The molecule has 0 saturated heterocycles. The average molecular weight is 400 g/mol. The summed E-state index contributed by atoms with van der Waals surface area (Å²) in [6, 6.07) is 9.11. The number of alkyl halides is 5. The van der Waals surface area contributed by atoms with E-state index in [2.05, 4.69) is 19.8 Å². The second-order valence-electron chi connectivity index (χ2n) is 5.52. The van der Waals surface area contributed by atoms with E-state index in [0.29, 0.717) is 11.3 Å². The first-order valence-electron chi connectivity index (χ1n) is 7.82. The molecule has 11 heteroatoms. The zero-order valence-corrected chi connectivity index (χ0v) is 14.3. The average Bonchev–Trinajstić information content (AvgIpc) is 3.11. The predicted molar refractivity (Wildman–Crippen MR) is 87.0 cm³/mol. The topological polar surface area (TPSA) is 62.1 Å². The molecule has 0 radical (unpaired) electrons. The summed E-state index contributed by atoms with van der Waals surface area (Å²) in [5, 5.41) is 3.35. The molecule has 0 saturated carbocycles. The van der Waals surface area contributed by atoms with Crippen molar-refractivity contribution in [2.75, 3.05) is 7.11 Å². The molecule has 2 aromatic heterocycles. The van der Waals surface area contributed by atoms with Gasteiger partial charge in [-0.15, -0.1) is 5.10 Å². The van der Waals surface area contributed by atoms with E-state index in [0.717, 1.165) is 11.0 Å². The first-order chi connectivity index (χ1) is 13.3. The third kappa shape index (κ3) is 4.53. The zero-order chi connectivity index (χ0) is 20.3. The van der Waals surface area contributed by atoms with Crippen LogP contribution in [-0.4, -0.2) is 33.5 Å². The Balaban J connectivity index is 1.96. The van der Waals surface area contributed by atoms with E-state index in [9.17, 15) is 22.0 Å². The second kappa shape index (κ2) is 7.79. The van der Waals surface area contributed by atoms with Gasteiger partial charge in [-0.05, 0) is 24.3 Å². The van der Waals surface area contributed by atoms with Crippen LogP contribution in [0.1, 0.15) is 11.5 Å². The fraction of sp³-hybridized carbons (Fsp3) is 0.235. The van der Waals surface area contributed by atoms with Gasteiger partial charge in [0.05, 0.1) is 19.3 Å². The van der Waals surface area contributed by atoms with E-state index in [4.69, 9.17) is 4.74 Å². The molecule has 0 bridgehead atoms. The maximum absolute atomic E-state index is 12.7. The van der Waals surface area contributed by atoms with Crippen molar-refractivity contribution in [1.82, 2.24) is 19.7 Å². The van der Waals surface area contributed by atoms with Gasteiger partial charge in [0.25, 0.3) is 5.82 Å². The summed E-state index contributed by atoms with van der Waals surface area (Å²) in [5.74, 6) is -0.987. The Labute approximate surface area is 155 Å². The molecule has 3 rings (SSSR count). The molecule has 0 N–H and O–H groups in total. The quantitative estimate of drug-likeness (QED) is 0.585. The molecule has 0 aliphatic heterocycles. The minimum Gasteiger partial charge on any atom is -0.497 e. The molecule has 0 aliphatic rings. The Morgan fingerprint density at radius 1 is 1.14 bits per heavy atom. The highest BCUT2D eigenvalue weighted by molar-refractivity contribution is 5.67. The fourth-order valence-corrected chi connectivity index (χ4v) is 2.41. The number of hydrogen-bond donors (Lipinski definition) is 0. The summed E-state index contributed by atoms with van der Waals surface area (Å²) in [6.07, 6.45) is -3.75. The van der Waals surface area contributed by atoms with Crippen molar-refractivity contribution in [3.8, 4) is 22.8 Å². The lowest BCUT2D eigenvalue weighted by atomic mass is 10.1. The smallest absolute Gasteiger partial charge is 0.453 e. The van der Waals surface area contributed by atoms with E-state index in [1.54, 1.807) is 24.3 Å². The number of aromatic nitrogens is 4. The normalized spacial score (nSPS) is 11.7. The second-order valence-corrected chi connectivity index (χ2v) is 5.52. The molecule has 0 aliphatic carbocycles. The SMILES string of the molecule is COc1cccc(-c2nc(Cn3cnc(C(F)(F)F)n3)ccc2OC(F)F)c1. The van der Waals surface area contributed by atoms with Crippen molar-refractivity contribution in [2.45, 2.75) is 19.3 Å². The van der Waals surface area contributed by atoms with Crippen molar-refractivity contribution in [3.63, 3.8) is 0 Å². The fourth-order valence-electron chi connectivity index (χ4n) is 2.41. The molecule has 0 unspecified atom stereocenters. The van der Waals surface area contributed by atoms with Gasteiger partial charge in [0.15, 0.2) is 5.75 Å². The van der Waals surface area contributed by atoms with Gasteiger partial charge in [0, 0.05) is 5.56 Å². The summed E-state index contributed by atoms with van der Waals surface area (Å²) in [5.41, 5.74) is 0.803. The maximum atomic E-state index is 12.7. The van der Waals surface area contributed by atoms with Crippen molar-refractivity contribution in [1.29, 1.82) is 0 Å². The van der Waals surface area contributed by atoms with Gasteiger partial charge in [-0.25, -0.2) is 14.6 Å². The molecule has 0 fully saturated rings. The lowest BCUT2D eigenvalue weighted by molar-refractivity contribution is -0.145. The van der Waals surface area contributed by atoms with Crippen molar-refractivity contribution in [3.05, 3.63) is 54.2 Å². The Hall–Kier alpha value is -3.24. The lowest BCUT2D eigenvalue weighted by Crippen LogP contribution is -2.10. The van der Waals surface area contributed by atoms with Crippen LogP contribution in [0, 0.1) is 0 Å². The summed E-state index contributed by atoms with van der Waals surface area (Å²) in [7, 11) is 1.45. The molecular weight excluding hydrogens is 387 g/mol. The Kier molecular flexibility index (Phi) is 5.43. The summed E-state index contributed by atoms with van der Waals surface area (Å²) in [4.78, 5) is 7.46. The first-order valence-corrected chi connectivity index (χ1v) is 7.82. The lowest BCUT2D eigenvalue weighted by Gasteiger charge is -2.12. The van der Waals surface area contributed by atoms with Gasteiger partial charge in [-0.2, -0.15) is 22.0 Å². The Morgan fingerprint density at radius 3 is 2.57 bits per heavy atom. The molecule has 6 nitrogen and oxygen atoms in total. The predicted octanol–water partition coefficient (Wildman–Crippen LogP) is 4.02. The number of benzene rings is 1. The van der Waals surface area contributed by atoms with E-state index < -0.39 is 18.6 Å². The molecule has 0 spiro atoms. The first kappa shape index (κ1) is 19.5. The monoisotopic (exact) mass is 400 g/mol. The van der Waals surface area contributed by atoms with Crippen molar-refractivity contribution >= 4 is 0 Å². The minimum atomic E-state index is -4.67. The summed E-state index contributed by atoms with van der Waals surface area (Å²) in [6.45, 7) is -3.21. The molecule has 2 heterocycles. The van der Waals surface area contributed by atoms with Crippen LogP contribution in [0.2, 0.25) is 0 Å². The summed E-state index contributed by atoms with van der Waals surface area (Å²) >= 11 is 0. The number of rotatable bonds is 6.